The number of hydrogen-bond acceptors (Lipinski definition) is 6. The molecule has 0 radical (unpaired) electrons. The molecule has 1 atom stereocenters. The van der Waals surface area contributed by atoms with Crippen molar-refractivity contribution in [3.8, 4) is 17.0 Å². The highest BCUT2D eigenvalue weighted by molar-refractivity contribution is 7.92. The van der Waals surface area contributed by atoms with Crippen molar-refractivity contribution in [2.75, 3.05) is 23.4 Å². The van der Waals surface area contributed by atoms with E-state index in [4.69, 9.17) is 4.74 Å². The first-order valence-electron chi connectivity index (χ1n) is 10.1. The van der Waals surface area contributed by atoms with Crippen LogP contribution < -0.4 is 14.8 Å². The number of methoxy groups -OCH3 is 1. The molecule has 0 aliphatic rings. The van der Waals surface area contributed by atoms with E-state index in [1.807, 2.05) is 48.7 Å². The van der Waals surface area contributed by atoms with Gasteiger partial charge in [0.2, 0.25) is 15.9 Å². The van der Waals surface area contributed by atoms with Crippen LogP contribution in [0.5, 0.6) is 5.75 Å². The summed E-state index contributed by atoms with van der Waals surface area (Å²) in [6, 6.07) is 18.7. The number of fused-ring (bicyclic) bond motifs is 1. The average molecular weight is 482 g/mol. The minimum atomic E-state index is -3.33. The molecule has 4 aromatic rings. The molecule has 0 spiro atoms. The smallest absolute Gasteiger partial charge is 0.233 e. The predicted molar refractivity (Wildman–Crippen MR) is 134 cm³/mol. The molecule has 170 valence electrons. The Kier molecular flexibility index (Phi) is 6.35. The van der Waals surface area contributed by atoms with Gasteiger partial charge in [-0.15, -0.1) is 11.3 Å². The highest BCUT2D eigenvalue weighted by Gasteiger charge is 2.17. The van der Waals surface area contributed by atoms with Crippen LogP contribution in [0.25, 0.3) is 22.0 Å². The fourth-order valence-electron chi connectivity index (χ4n) is 3.39. The Morgan fingerprint density at radius 3 is 2.42 bits per heavy atom. The maximum absolute atomic E-state index is 12.8. The number of rotatable bonds is 7. The quantitative estimate of drug-likeness (QED) is 0.383. The largest absolute Gasteiger partial charge is 0.497 e. The number of thiazole rings is 1. The second-order valence-electron chi connectivity index (χ2n) is 7.67. The van der Waals surface area contributed by atoms with Crippen LogP contribution in [0.15, 0.2) is 66.0 Å². The van der Waals surface area contributed by atoms with E-state index in [2.05, 4.69) is 15.0 Å². The molecule has 2 N–H and O–H groups in total. The Balaban J connectivity index is 1.45. The zero-order valence-electron chi connectivity index (χ0n) is 18.3. The van der Waals surface area contributed by atoms with Gasteiger partial charge in [0.25, 0.3) is 0 Å². The number of nitrogens with zero attached hydrogens (tertiary/aromatic N) is 1. The van der Waals surface area contributed by atoms with E-state index in [0.717, 1.165) is 33.9 Å². The third-order valence-corrected chi connectivity index (χ3v) is 6.55. The lowest BCUT2D eigenvalue weighted by molar-refractivity contribution is -0.117. The summed E-state index contributed by atoms with van der Waals surface area (Å²) in [5, 5.41) is 7.34. The van der Waals surface area contributed by atoms with E-state index in [1.165, 1.54) is 11.3 Å². The summed E-state index contributed by atoms with van der Waals surface area (Å²) >= 11 is 1.34. The average Bonchev–Trinajstić information content (AvgIpc) is 3.25. The Hall–Kier alpha value is -3.43. The van der Waals surface area contributed by atoms with Crippen LogP contribution in [0.4, 0.5) is 10.8 Å². The minimum Gasteiger partial charge on any atom is -0.497 e. The van der Waals surface area contributed by atoms with Crippen LogP contribution in [0.1, 0.15) is 18.4 Å². The molecule has 0 aliphatic carbocycles. The maximum Gasteiger partial charge on any atom is 0.233 e. The van der Waals surface area contributed by atoms with Crippen LogP contribution in [-0.4, -0.2) is 32.7 Å². The van der Waals surface area contributed by atoms with Gasteiger partial charge in [0.05, 0.1) is 25.0 Å². The molecule has 0 saturated heterocycles. The van der Waals surface area contributed by atoms with Crippen LogP contribution in [0.3, 0.4) is 0 Å². The maximum atomic E-state index is 12.8. The molecule has 0 saturated carbocycles. The summed E-state index contributed by atoms with van der Waals surface area (Å²) in [4.78, 5) is 17.3. The van der Waals surface area contributed by atoms with E-state index < -0.39 is 10.0 Å². The zero-order chi connectivity index (χ0) is 23.6. The summed E-state index contributed by atoms with van der Waals surface area (Å²) in [6.07, 6.45) is 1.10. The van der Waals surface area contributed by atoms with Crippen LogP contribution in [0, 0.1) is 0 Å². The molecule has 0 aliphatic heterocycles. The van der Waals surface area contributed by atoms with E-state index in [9.17, 15) is 13.2 Å². The third-order valence-electron chi connectivity index (χ3n) is 5.18. The Morgan fingerprint density at radius 1 is 1.03 bits per heavy atom. The van der Waals surface area contributed by atoms with E-state index in [1.54, 1.807) is 31.4 Å². The lowest BCUT2D eigenvalue weighted by Crippen LogP contribution is -2.18. The molecule has 4 rings (SSSR count). The molecular weight excluding hydrogens is 458 g/mol. The van der Waals surface area contributed by atoms with Gasteiger partial charge in [-0.3, -0.25) is 9.52 Å². The number of anilines is 2. The van der Waals surface area contributed by atoms with Crippen molar-refractivity contribution in [2.24, 2.45) is 0 Å². The molecule has 9 heteroatoms. The van der Waals surface area contributed by atoms with Gasteiger partial charge in [-0.1, -0.05) is 36.4 Å². The monoisotopic (exact) mass is 481 g/mol. The van der Waals surface area contributed by atoms with Gasteiger partial charge in [0.1, 0.15) is 5.75 Å². The predicted octanol–water partition coefficient (Wildman–Crippen LogP) is 5.09. The van der Waals surface area contributed by atoms with Crippen molar-refractivity contribution < 1.29 is 17.9 Å². The number of aromatic nitrogens is 1. The van der Waals surface area contributed by atoms with Gasteiger partial charge in [0.15, 0.2) is 5.13 Å². The van der Waals surface area contributed by atoms with Crippen LogP contribution >= 0.6 is 11.3 Å². The molecule has 33 heavy (non-hydrogen) atoms. The normalized spacial score (nSPS) is 12.3. The number of ether oxygens (including phenoxy) is 1. The topological polar surface area (TPSA) is 97.4 Å². The number of hydrogen-bond donors (Lipinski definition) is 2. The molecule has 1 aromatic heterocycles. The summed E-state index contributed by atoms with van der Waals surface area (Å²) in [6.45, 7) is 1.86. The van der Waals surface area contributed by atoms with E-state index >= 15 is 0 Å². The number of carbonyl (C=O) groups excluding carboxylic acids is 1. The van der Waals surface area contributed by atoms with E-state index in [-0.39, 0.29) is 11.8 Å². The molecule has 0 unspecified atom stereocenters. The molecular formula is C24H23N3O4S2. The molecule has 3 aromatic carbocycles. The fraction of sp³-hybridized carbons (Fsp3) is 0.167. The Morgan fingerprint density at radius 2 is 1.73 bits per heavy atom. The summed E-state index contributed by atoms with van der Waals surface area (Å²) in [7, 11) is -1.69. The van der Waals surface area contributed by atoms with Crippen LogP contribution in [0.2, 0.25) is 0 Å². The van der Waals surface area contributed by atoms with Gasteiger partial charge in [-0.2, -0.15) is 0 Å². The minimum absolute atomic E-state index is 0.142. The SMILES string of the molecule is COc1ccc2cc([C@@H](C)C(=O)Nc3nc(-c4ccc(NS(C)(=O)=O)cc4)cs3)ccc2c1. The fourth-order valence-corrected chi connectivity index (χ4v) is 4.68. The first-order valence-corrected chi connectivity index (χ1v) is 12.9. The van der Waals surface area contributed by atoms with Crippen molar-refractivity contribution in [1.29, 1.82) is 0 Å². The van der Waals surface area contributed by atoms with Gasteiger partial charge in [-0.05, 0) is 47.5 Å². The lowest BCUT2D eigenvalue weighted by Gasteiger charge is -2.12. The summed E-state index contributed by atoms with van der Waals surface area (Å²) in [5.41, 5.74) is 2.92. The summed E-state index contributed by atoms with van der Waals surface area (Å²) in [5.74, 6) is 0.295. The van der Waals surface area contributed by atoms with Crippen molar-refractivity contribution >= 4 is 48.9 Å². The van der Waals surface area contributed by atoms with Gasteiger partial charge in [-0.25, -0.2) is 13.4 Å². The van der Waals surface area contributed by atoms with Crippen molar-refractivity contribution in [1.82, 2.24) is 4.98 Å². The standard InChI is InChI=1S/C24H23N3O4S2/c1-15(17-4-5-19-13-21(31-2)11-8-18(19)12-17)23(28)26-24-25-22(14-32-24)16-6-9-20(10-7-16)27-33(3,29)30/h4-15,27H,1-3H3,(H,25,26,28)/t15-/m1/s1. The number of carbonyl (C=O) groups is 1. The third kappa shape index (κ3) is 5.50. The first-order chi connectivity index (χ1) is 15.7. The van der Waals surface area contributed by atoms with Gasteiger partial charge < -0.3 is 10.1 Å². The highest BCUT2D eigenvalue weighted by Crippen LogP contribution is 2.29. The zero-order valence-corrected chi connectivity index (χ0v) is 20.0. The Labute approximate surface area is 196 Å². The van der Waals surface area contributed by atoms with Gasteiger partial charge >= 0.3 is 0 Å². The molecule has 0 fully saturated rings. The summed E-state index contributed by atoms with van der Waals surface area (Å²) < 4.78 is 30.4. The molecule has 1 heterocycles. The molecule has 0 bridgehead atoms. The van der Waals surface area contributed by atoms with Crippen molar-refractivity contribution in [2.45, 2.75) is 12.8 Å². The van der Waals surface area contributed by atoms with Gasteiger partial charge in [0, 0.05) is 16.6 Å². The second kappa shape index (κ2) is 9.21. The van der Waals surface area contributed by atoms with Crippen molar-refractivity contribution in [3.05, 3.63) is 71.6 Å². The Bertz CT molecular complexity index is 1410. The van der Waals surface area contributed by atoms with Crippen molar-refractivity contribution in [3.63, 3.8) is 0 Å². The van der Waals surface area contributed by atoms with Crippen LogP contribution in [-0.2, 0) is 14.8 Å². The second-order valence-corrected chi connectivity index (χ2v) is 10.3. The highest BCUT2D eigenvalue weighted by atomic mass is 32.2. The number of sulfonamides is 1. The molecule has 7 nitrogen and oxygen atoms in total. The number of benzene rings is 3. The number of nitrogens with one attached hydrogen (secondary N) is 2. The number of amides is 1. The molecule has 1 amide bonds. The first kappa shape index (κ1) is 22.8. The van der Waals surface area contributed by atoms with E-state index in [0.29, 0.717) is 16.5 Å². The lowest BCUT2D eigenvalue weighted by atomic mass is 9.97.